The number of carbonyl (C=O) groups is 1. The minimum absolute atomic E-state index is 0.275. The lowest BCUT2D eigenvalue weighted by molar-refractivity contribution is -0.138. The predicted octanol–water partition coefficient (Wildman–Crippen LogP) is 3.61. The van der Waals surface area contributed by atoms with Crippen LogP contribution in [0.3, 0.4) is 0 Å². The van der Waals surface area contributed by atoms with Crippen molar-refractivity contribution in [2.24, 2.45) is 0 Å². The van der Waals surface area contributed by atoms with Crippen molar-refractivity contribution < 1.29 is 14.3 Å². The van der Waals surface area contributed by atoms with Gasteiger partial charge in [0.2, 0.25) is 0 Å². The smallest absolute Gasteiger partial charge is 0.333 e. The monoisotopic (exact) mass is 260 g/mol. The van der Waals surface area contributed by atoms with Crippen LogP contribution in [0.15, 0.2) is 42.5 Å². The van der Waals surface area contributed by atoms with Crippen molar-refractivity contribution in [2.45, 2.75) is 20.3 Å². The summed E-state index contributed by atoms with van der Waals surface area (Å²) in [6.45, 7) is 8.16. The molecule has 0 aliphatic rings. The molecule has 0 aliphatic heterocycles. The predicted molar refractivity (Wildman–Crippen MR) is 77.0 cm³/mol. The second-order valence-corrected chi connectivity index (χ2v) is 3.88. The maximum Gasteiger partial charge on any atom is 0.333 e. The molecule has 0 amide bonds. The van der Waals surface area contributed by atoms with Gasteiger partial charge in [0.05, 0.1) is 6.61 Å². The van der Waals surface area contributed by atoms with Crippen LogP contribution < -0.4 is 4.74 Å². The topological polar surface area (TPSA) is 35.5 Å². The van der Waals surface area contributed by atoms with Crippen LogP contribution in [-0.2, 0) is 9.53 Å². The fourth-order valence-electron chi connectivity index (χ4n) is 1.60. The average molecular weight is 260 g/mol. The van der Waals surface area contributed by atoms with Gasteiger partial charge in [0.1, 0.15) is 12.4 Å². The molecule has 19 heavy (non-hydrogen) atoms. The van der Waals surface area contributed by atoms with E-state index in [1.165, 1.54) is 0 Å². The number of benzene rings is 1. The lowest BCUT2D eigenvalue weighted by atomic mass is 10.1. The number of ether oxygens (including phenoxy) is 2. The Bertz CT molecular complexity index is 461. The molecular formula is C16H20O3. The summed E-state index contributed by atoms with van der Waals surface area (Å²) in [6, 6.07) is 7.58. The summed E-state index contributed by atoms with van der Waals surface area (Å²) in [4.78, 5) is 11.8. The Morgan fingerprint density at radius 1 is 1.32 bits per heavy atom. The Hall–Kier alpha value is -2.03. The highest BCUT2D eigenvalue weighted by Gasteiger charge is 2.09. The van der Waals surface area contributed by atoms with Gasteiger partial charge in [-0.25, -0.2) is 4.79 Å². The van der Waals surface area contributed by atoms with E-state index in [1.807, 2.05) is 37.3 Å². The van der Waals surface area contributed by atoms with Crippen LogP contribution in [0.4, 0.5) is 0 Å². The maximum atomic E-state index is 11.8. The van der Waals surface area contributed by atoms with Crippen LogP contribution in [-0.4, -0.2) is 19.2 Å². The van der Waals surface area contributed by atoms with Crippen molar-refractivity contribution in [3.63, 3.8) is 0 Å². The maximum absolute atomic E-state index is 11.8. The minimum Gasteiger partial charge on any atom is -0.489 e. The molecule has 0 N–H and O–H groups in total. The largest absolute Gasteiger partial charge is 0.489 e. The summed E-state index contributed by atoms with van der Waals surface area (Å²) in [7, 11) is 0. The number of rotatable bonds is 7. The molecule has 0 aromatic heterocycles. The molecule has 0 atom stereocenters. The molecule has 0 saturated carbocycles. The van der Waals surface area contributed by atoms with Gasteiger partial charge < -0.3 is 9.47 Å². The average Bonchev–Trinajstić information content (AvgIpc) is 2.43. The fourth-order valence-corrected chi connectivity index (χ4v) is 1.60. The Morgan fingerprint density at radius 3 is 2.68 bits per heavy atom. The highest BCUT2D eigenvalue weighted by atomic mass is 16.5. The second kappa shape index (κ2) is 8.14. The van der Waals surface area contributed by atoms with E-state index in [2.05, 4.69) is 6.58 Å². The molecule has 0 aliphatic carbocycles. The highest BCUT2D eigenvalue weighted by Crippen LogP contribution is 2.22. The van der Waals surface area contributed by atoms with Crippen molar-refractivity contribution in [2.75, 3.05) is 13.2 Å². The molecule has 1 aromatic carbocycles. The first-order valence-electron chi connectivity index (χ1n) is 6.43. The second-order valence-electron chi connectivity index (χ2n) is 3.88. The summed E-state index contributed by atoms with van der Waals surface area (Å²) >= 11 is 0. The molecule has 3 heteroatoms. The molecular weight excluding hydrogens is 240 g/mol. The number of hydrogen-bond acceptors (Lipinski definition) is 3. The van der Waals surface area contributed by atoms with E-state index in [9.17, 15) is 4.79 Å². The van der Waals surface area contributed by atoms with Crippen LogP contribution in [0, 0.1) is 0 Å². The molecule has 0 bridgehead atoms. The zero-order valence-corrected chi connectivity index (χ0v) is 11.5. The van der Waals surface area contributed by atoms with E-state index in [1.54, 1.807) is 13.0 Å². The number of hydrogen-bond donors (Lipinski definition) is 0. The quantitative estimate of drug-likeness (QED) is 0.427. The van der Waals surface area contributed by atoms with Crippen molar-refractivity contribution in [1.29, 1.82) is 0 Å². The normalized spacial score (nSPS) is 10.9. The Balaban J connectivity index is 3.00. The van der Waals surface area contributed by atoms with Crippen molar-refractivity contribution in [3.8, 4) is 5.75 Å². The van der Waals surface area contributed by atoms with Crippen molar-refractivity contribution in [3.05, 3.63) is 48.1 Å². The van der Waals surface area contributed by atoms with Crippen LogP contribution in [0.1, 0.15) is 25.8 Å². The highest BCUT2D eigenvalue weighted by molar-refractivity contribution is 5.94. The number of carbonyl (C=O) groups excluding carboxylic acids is 1. The van der Waals surface area contributed by atoms with Gasteiger partial charge in [-0.1, -0.05) is 37.8 Å². The molecule has 0 saturated heterocycles. The van der Waals surface area contributed by atoms with Gasteiger partial charge in [-0.05, 0) is 25.5 Å². The van der Waals surface area contributed by atoms with E-state index in [-0.39, 0.29) is 5.97 Å². The first kappa shape index (κ1) is 15.0. The standard InChI is InChI=1S/C16H20O3/c1-4-11-19-15-10-8-7-9-14(15)12-13(5-2)16(17)18-6-3/h4,7-10,12H,1,5-6,11H2,2-3H3/b13-12+. The third-order valence-corrected chi connectivity index (χ3v) is 2.52. The van der Waals surface area contributed by atoms with E-state index in [0.717, 1.165) is 11.3 Å². The third kappa shape index (κ3) is 4.62. The Labute approximate surface area is 114 Å². The Morgan fingerprint density at radius 2 is 2.05 bits per heavy atom. The van der Waals surface area contributed by atoms with Gasteiger partial charge in [0, 0.05) is 11.1 Å². The lowest BCUT2D eigenvalue weighted by Crippen LogP contribution is -2.07. The van der Waals surface area contributed by atoms with Gasteiger partial charge in [-0.15, -0.1) is 0 Å². The minimum atomic E-state index is -0.275. The van der Waals surface area contributed by atoms with Crippen molar-refractivity contribution in [1.82, 2.24) is 0 Å². The summed E-state index contributed by atoms with van der Waals surface area (Å²) in [6.07, 6.45) is 4.12. The van der Waals surface area contributed by atoms with Gasteiger partial charge >= 0.3 is 5.97 Å². The van der Waals surface area contributed by atoms with E-state index < -0.39 is 0 Å². The first-order chi connectivity index (χ1) is 9.22. The first-order valence-corrected chi connectivity index (χ1v) is 6.43. The summed E-state index contributed by atoms with van der Waals surface area (Å²) < 4.78 is 10.6. The molecule has 0 unspecified atom stereocenters. The van der Waals surface area contributed by atoms with Gasteiger partial charge in [-0.2, -0.15) is 0 Å². The molecule has 1 aromatic rings. The molecule has 0 heterocycles. The molecule has 0 radical (unpaired) electrons. The molecule has 102 valence electrons. The Kier molecular flexibility index (Phi) is 6.44. The van der Waals surface area contributed by atoms with E-state index in [0.29, 0.717) is 25.2 Å². The van der Waals surface area contributed by atoms with Crippen LogP contribution in [0.2, 0.25) is 0 Å². The molecule has 1 rings (SSSR count). The third-order valence-electron chi connectivity index (χ3n) is 2.52. The lowest BCUT2D eigenvalue weighted by Gasteiger charge is -2.09. The number of para-hydroxylation sites is 1. The van der Waals surface area contributed by atoms with Crippen molar-refractivity contribution >= 4 is 12.0 Å². The fraction of sp³-hybridized carbons (Fsp3) is 0.312. The number of esters is 1. The van der Waals surface area contributed by atoms with Gasteiger partial charge in [-0.3, -0.25) is 0 Å². The van der Waals surface area contributed by atoms with Crippen LogP contribution in [0.25, 0.3) is 6.08 Å². The summed E-state index contributed by atoms with van der Waals surface area (Å²) in [5.41, 5.74) is 1.51. The van der Waals surface area contributed by atoms with Gasteiger partial charge in [0.25, 0.3) is 0 Å². The van der Waals surface area contributed by atoms with E-state index >= 15 is 0 Å². The van der Waals surface area contributed by atoms with Gasteiger partial charge in [0.15, 0.2) is 0 Å². The summed E-state index contributed by atoms with van der Waals surface area (Å²) in [5, 5.41) is 0. The zero-order chi connectivity index (χ0) is 14.1. The molecule has 0 fully saturated rings. The summed E-state index contributed by atoms with van der Waals surface area (Å²) in [5.74, 6) is 0.459. The van der Waals surface area contributed by atoms with Crippen LogP contribution in [0.5, 0.6) is 5.75 Å². The molecule has 3 nitrogen and oxygen atoms in total. The molecule has 0 spiro atoms. The van der Waals surface area contributed by atoms with E-state index in [4.69, 9.17) is 9.47 Å². The van der Waals surface area contributed by atoms with Crippen LogP contribution >= 0.6 is 0 Å². The zero-order valence-electron chi connectivity index (χ0n) is 11.5. The SMILES string of the molecule is C=CCOc1ccccc1/C=C(\CC)C(=O)OCC.